The molecule has 0 aliphatic carbocycles. The van der Waals surface area contributed by atoms with E-state index in [1.54, 1.807) is 17.3 Å². The number of nitrogens with zero attached hydrogens (tertiary/aromatic N) is 2. The molecule has 1 unspecified atom stereocenters. The molecule has 1 N–H and O–H groups in total. The first-order valence-corrected chi connectivity index (χ1v) is 5.67. The van der Waals surface area contributed by atoms with Crippen molar-refractivity contribution in [1.29, 1.82) is 0 Å². The van der Waals surface area contributed by atoms with Crippen LogP contribution in [-0.4, -0.2) is 30.5 Å². The molecule has 0 aromatic carbocycles. The lowest BCUT2D eigenvalue weighted by Gasteiger charge is -2.19. The van der Waals surface area contributed by atoms with Gasteiger partial charge in [-0.25, -0.2) is 0 Å². The highest BCUT2D eigenvalue weighted by molar-refractivity contribution is 5.93. The van der Waals surface area contributed by atoms with Gasteiger partial charge in [0.25, 0.3) is 0 Å². The molecule has 1 aliphatic rings. The molecule has 2 rings (SSSR count). The van der Waals surface area contributed by atoms with Gasteiger partial charge in [-0.1, -0.05) is 0 Å². The van der Waals surface area contributed by atoms with Crippen molar-refractivity contribution in [1.82, 2.24) is 10.3 Å². The molecule has 4 heteroatoms. The molecule has 0 radical (unpaired) electrons. The van der Waals surface area contributed by atoms with Crippen LogP contribution in [0.2, 0.25) is 0 Å². The molecule has 1 aromatic heterocycles. The van der Waals surface area contributed by atoms with Gasteiger partial charge in [0.1, 0.15) is 0 Å². The van der Waals surface area contributed by atoms with E-state index in [0.717, 1.165) is 18.7 Å². The van der Waals surface area contributed by atoms with E-state index in [0.29, 0.717) is 12.5 Å². The molecule has 1 aromatic rings. The molecule has 2 heterocycles. The number of anilines is 1. The van der Waals surface area contributed by atoms with Crippen LogP contribution < -0.4 is 10.2 Å². The van der Waals surface area contributed by atoms with E-state index in [4.69, 9.17) is 0 Å². The lowest BCUT2D eigenvalue weighted by molar-refractivity contribution is -0.118. The summed E-state index contributed by atoms with van der Waals surface area (Å²) in [5, 5.41) is 3.33. The van der Waals surface area contributed by atoms with Crippen molar-refractivity contribution in [3.8, 4) is 0 Å². The molecule has 1 saturated heterocycles. The summed E-state index contributed by atoms with van der Waals surface area (Å²) in [4.78, 5) is 17.6. The van der Waals surface area contributed by atoms with E-state index in [1.807, 2.05) is 19.2 Å². The van der Waals surface area contributed by atoms with E-state index >= 15 is 0 Å². The highest BCUT2D eigenvalue weighted by atomic mass is 16.2. The zero-order valence-corrected chi connectivity index (χ0v) is 9.52. The third-order valence-corrected chi connectivity index (χ3v) is 3.01. The number of pyridine rings is 1. The SMILES string of the molecule is CN(C(=O)CC1CCCN1)c1ccncc1. The normalized spacial score (nSPS) is 19.7. The smallest absolute Gasteiger partial charge is 0.228 e. The fourth-order valence-electron chi connectivity index (χ4n) is 1.99. The molecule has 0 bridgehead atoms. The largest absolute Gasteiger partial charge is 0.315 e. The summed E-state index contributed by atoms with van der Waals surface area (Å²) in [5.41, 5.74) is 0.901. The van der Waals surface area contributed by atoms with Crippen LogP contribution in [0.25, 0.3) is 0 Å². The maximum atomic E-state index is 12.0. The van der Waals surface area contributed by atoms with Crippen molar-refractivity contribution in [2.24, 2.45) is 0 Å². The number of carbonyl (C=O) groups excluding carboxylic acids is 1. The standard InChI is InChI=1S/C12H17N3O/c1-15(11-4-7-13-8-5-11)12(16)9-10-3-2-6-14-10/h4-5,7-8,10,14H,2-3,6,9H2,1H3. The Bertz CT molecular complexity index is 347. The van der Waals surface area contributed by atoms with Gasteiger partial charge in [-0.2, -0.15) is 0 Å². The second kappa shape index (κ2) is 5.07. The maximum Gasteiger partial charge on any atom is 0.228 e. The van der Waals surface area contributed by atoms with Gasteiger partial charge in [0.2, 0.25) is 5.91 Å². The van der Waals surface area contributed by atoms with Gasteiger partial charge in [0.15, 0.2) is 0 Å². The van der Waals surface area contributed by atoms with Crippen molar-refractivity contribution < 1.29 is 4.79 Å². The number of hydrogen-bond acceptors (Lipinski definition) is 3. The second-order valence-electron chi connectivity index (χ2n) is 4.16. The van der Waals surface area contributed by atoms with Gasteiger partial charge in [0.05, 0.1) is 0 Å². The monoisotopic (exact) mass is 219 g/mol. The number of nitrogens with one attached hydrogen (secondary N) is 1. The minimum absolute atomic E-state index is 0.158. The molecular weight excluding hydrogens is 202 g/mol. The predicted octanol–water partition coefficient (Wildman–Crippen LogP) is 1.19. The molecule has 16 heavy (non-hydrogen) atoms. The number of amides is 1. The topological polar surface area (TPSA) is 45.2 Å². The van der Waals surface area contributed by atoms with Crippen LogP contribution in [-0.2, 0) is 4.79 Å². The molecule has 1 atom stereocenters. The van der Waals surface area contributed by atoms with Gasteiger partial charge in [-0.3, -0.25) is 9.78 Å². The average Bonchev–Trinajstić information content (AvgIpc) is 2.82. The van der Waals surface area contributed by atoms with Crippen LogP contribution in [0.3, 0.4) is 0 Å². The molecule has 0 spiro atoms. The van der Waals surface area contributed by atoms with Crippen LogP contribution >= 0.6 is 0 Å². The molecule has 1 aliphatic heterocycles. The van der Waals surface area contributed by atoms with Crippen LogP contribution in [0, 0.1) is 0 Å². The van der Waals surface area contributed by atoms with Crippen LogP contribution in [0.1, 0.15) is 19.3 Å². The number of hydrogen-bond donors (Lipinski definition) is 1. The molecule has 1 amide bonds. The lowest BCUT2D eigenvalue weighted by atomic mass is 10.1. The maximum absolute atomic E-state index is 12.0. The Hall–Kier alpha value is -1.42. The second-order valence-corrected chi connectivity index (χ2v) is 4.16. The van der Waals surface area contributed by atoms with E-state index in [-0.39, 0.29) is 5.91 Å². The molecule has 4 nitrogen and oxygen atoms in total. The Labute approximate surface area is 95.7 Å². The van der Waals surface area contributed by atoms with Gasteiger partial charge in [-0.05, 0) is 31.5 Å². The first-order valence-electron chi connectivity index (χ1n) is 5.67. The van der Waals surface area contributed by atoms with E-state index < -0.39 is 0 Å². The fourth-order valence-corrected chi connectivity index (χ4v) is 1.99. The van der Waals surface area contributed by atoms with Crippen LogP contribution in [0.4, 0.5) is 5.69 Å². The van der Waals surface area contributed by atoms with Crippen molar-refractivity contribution in [3.05, 3.63) is 24.5 Å². The number of aromatic nitrogens is 1. The zero-order valence-electron chi connectivity index (χ0n) is 9.52. The van der Waals surface area contributed by atoms with Crippen molar-refractivity contribution in [2.45, 2.75) is 25.3 Å². The van der Waals surface area contributed by atoms with Crippen LogP contribution in [0.5, 0.6) is 0 Å². The molecule has 86 valence electrons. The predicted molar refractivity (Wildman–Crippen MR) is 63.3 cm³/mol. The molecule has 1 fully saturated rings. The summed E-state index contributed by atoms with van der Waals surface area (Å²) in [7, 11) is 1.81. The minimum atomic E-state index is 0.158. The minimum Gasteiger partial charge on any atom is -0.315 e. The highest BCUT2D eigenvalue weighted by Gasteiger charge is 2.20. The number of rotatable bonds is 3. The van der Waals surface area contributed by atoms with Crippen LogP contribution in [0.15, 0.2) is 24.5 Å². The summed E-state index contributed by atoms with van der Waals surface area (Å²) in [6.45, 7) is 1.04. The fraction of sp³-hybridized carbons (Fsp3) is 0.500. The van der Waals surface area contributed by atoms with Crippen molar-refractivity contribution >= 4 is 11.6 Å². The Balaban J connectivity index is 1.94. The van der Waals surface area contributed by atoms with E-state index in [1.165, 1.54) is 6.42 Å². The third kappa shape index (κ3) is 2.58. The quantitative estimate of drug-likeness (QED) is 0.830. The lowest BCUT2D eigenvalue weighted by Crippen LogP contribution is -2.33. The summed E-state index contributed by atoms with van der Waals surface area (Å²) in [5.74, 6) is 0.158. The summed E-state index contributed by atoms with van der Waals surface area (Å²) in [6, 6.07) is 4.05. The third-order valence-electron chi connectivity index (χ3n) is 3.01. The summed E-state index contributed by atoms with van der Waals surface area (Å²) >= 11 is 0. The average molecular weight is 219 g/mol. The Kier molecular flexibility index (Phi) is 3.51. The summed E-state index contributed by atoms with van der Waals surface area (Å²) < 4.78 is 0. The molecule has 0 saturated carbocycles. The van der Waals surface area contributed by atoms with Crippen molar-refractivity contribution in [2.75, 3.05) is 18.5 Å². The van der Waals surface area contributed by atoms with E-state index in [2.05, 4.69) is 10.3 Å². The highest BCUT2D eigenvalue weighted by Crippen LogP contribution is 2.14. The first-order chi connectivity index (χ1) is 7.77. The number of carbonyl (C=O) groups is 1. The summed E-state index contributed by atoms with van der Waals surface area (Å²) in [6.07, 6.45) is 6.27. The van der Waals surface area contributed by atoms with Gasteiger partial charge in [0, 0.05) is 37.6 Å². The Morgan fingerprint density at radius 3 is 2.94 bits per heavy atom. The van der Waals surface area contributed by atoms with Crippen molar-refractivity contribution in [3.63, 3.8) is 0 Å². The first kappa shape index (κ1) is 11.1. The zero-order chi connectivity index (χ0) is 11.4. The van der Waals surface area contributed by atoms with Gasteiger partial charge in [-0.15, -0.1) is 0 Å². The molecular formula is C12H17N3O. The Morgan fingerprint density at radius 2 is 2.31 bits per heavy atom. The van der Waals surface area contributed by atoms with Gasteiger partial charge < -0.3 is 10.2 Å². The van der Waals surface area contributed by atoms with Gasteiger partial charge >= 0.3 is 0 Å². The van der Waals surface area contributed by atoms with E-state index in [9.17, 15) is 4.79 Å². The Morgan fingerprint density at radius 1 is 1.56 bits per heavy atom.